The first-order valence-electron chi connectivity index (χ1n) is 6.79. The van der Waals surface area contributed by atoms with Crippen molar-refractivity contribution in [3.8, 4) is 0 Å². The molecule has 124 valence electrons. The highest BCUT2D eigenvalue weighted by atomic mass is 32.2. The number of carboxylic acids is 1. The minimum absolute atomic E-state index is 0.00797. The molecule has 0 bridgehead atoms. The second kappa shape index (κ2) is 15.7. The van der Waals surface area contributed by atoms with Crippen LogP contribution in [0.2, 0.25) is 0 Å². The molecule has 0 atom stereocenters. The summed E-state index contributed by atoms with van der Waals surface area (Å²) in [7, 11) is 0. The second-order valence-electron chi connectivity index (χ2n) is 3.93. The first kappa shape index (κ1) is 20.3. The molecule has 0 rings (SSSR count). The minimum atomic E-state index is -0.869. The summed E-state index contributed by atoms with van der Waals surface area (Å²) in [4.78, 5) is 20.8. The summed E-state index contributed by atoms with van der Waals surface area (Å²) in [6.45, 7) is 4.99. The zero-order chi connectivity index (χ0) is 15.8. The van der Waals surface area contributed by atoms with Gasteiger partial charge in [-0.1, -0.05) is 11.8 Å². The molecule has 1 N–H and O–H groups in total. The Morgan fingerprint density at radius 1 is 0.810 bits per heavy atom. The van der Waals surface area contributed by atoms with Crippen molar-refractivity contribution in [2.24, 2.45) is 0 Å². The van der Waals surface area contributed by atoms with Crippen molar-refractivity contribution in [1.82, 2.24) is 0 Å². The van der Waals surface area contributed by atoms with Gasteiger partial charge in [-0.3, -0.25) is 9.59 Å². The number of ether oxygens (including phenoxy) is 4. The molecule has 0 aliphatic rings. The third kappa shape index (κ3) is 19.3. The number of carbonyl (C=O) groups is 2. The molecule has 0 aliphatic heterocycles. The summed E-state index contributed by atoms with van der Waals surface area (Å²) < 4.78 is 20.8. The third-order valence-corrected chi connectivity index (χ3v) is 2.89. The topological polar surface area (TPSA) is 91.3 Å². The molecule has 21 heavy (non-hydrogen) atoms. The van der Waals surface area contributed by atoms with Gasteiger partial charge in [0, 0.05) is 12.7 Å². The fourth-order valence-electron chi connectivity index (χ4n) is 1.17. The minimum Gasteiger partial charge on any atom is -0.481 e. The predicted molar refractivity (Wildman–Crippen MR) is 78.7 cm³/mol. The molecule has 0 radical (unpaired) electrons. The van der Waals surface area contributed by atoms with E-state index in [1.54, 1.807) is 0 Å². The number of carboxylic acid groups (broad SMARTS) is 1. The van der Waals surface area contributed by atoms with E-state index >= 15 is 0 Å². The standard InChI is InChI=1S/C13H24O7S/c1-12(14)21-11-10-20-9-8-19-7-6-18-5-4-17-3-2-13(15)16/h2-11H2,1H3,(H,15,16). The fraction of sp³-hybridized carbons (Fsp3) is 0.846. The summed E-state index contributed by atoms with van der Waals surface area (Å²) >= 11 is 1.25. The summed E-state index contributed by atoms with van der Waals surface area (Å²) in [6.07, 6.45) is 0.00797. The van der Waals surface area contributed by atoms with Crippen molar-refractivity contribution in [3.05, 3.63) is 0 Å². The number of carbonyl (C=O) groups excluding carboxylic acids is 1. The van der Waals surface area contributed by atoms with Gasteiger partial charge in [-0.2, -0.15) is 0 Å². The van der Waals surface area contributed by atoms with Gasteiger partial charge < -0.3 is 24.1 Å². The van der Waals surface area contributed by atoms with Gasteiger partial charge in [-0.05, 0) is 0 Å². The lowest BCUT2D eigenvalue weighted by Gasteiger charge is -2.07. The zero-order valence-corrected chi connectivity index (χ0v) is 13.2. The molecule has 7 nitrogen and oxygen atoms in total. The molecule has 8 heteroatoms. The van der Waals surface area contributed by atoms with Crippen LogP contribution in [0.25, 0.3) is 0 Å². The Kier molecular flexibility index (Phi) is 15.2. The predicted octanol–water partition coefficient (Wildman–Crippen LogP) is 0.807. The summed E-state index contributed by atoms with van der Waals surface area (Å²) in [5.41, 5.74) is 0. The van der Waals surface area contributed by atoms with Crippen LogP contribution in [0, 0.1) is 0 Å². The highest BCUT2D eigenvalue weighted by Crippen LogP contribution is 1.99. The maximum Gasteiger partial charge on any atom is 0.305 e. The van der Waals surface area contributed by atoms with Crippen molar-refractivity contribution in [1.29, 1.82) is 0 Å². The van der Waals surface area contributed by atoms with E-state index in [-0.39, 0.29) is 18.1 Å². The van der Waals surface area contributed by atoms with Crippen LogP contribution >= 0.6 is 11.8 Å². The van der Waals surface area contributed by atoms with Gasteiger partial charge in [0.25, 0.3) is 0 Å². The lowest BCUT2D eigenvalue weighted by molar-refractivity contribution is -0.138. The normalized spacial score (nSPS) is 10.7. The molecule has 0 aromatic carbocycles. The van der Waals surface area contributed by atoms with E-state index < -0.39 is 5.97 Å². The van der Waals surface area contributed by atoms with Crippen LogP contribution in [0.5, 0.6) is 0 Å². The molecule has 0 aromatic heterocycles. The number of aliphatic carboxylic acids is 1. The van der Waals surface area contributed by atoms with Crippen LogP contribution in [-0.2, 0) is 28.5 Å². The SMILES string of the molecule is CC(=O)SCCOCCOCCOCCOCCC(=O)O. The van der Waals surface area contributed by atoms with Crippen molar-refractivity contribution in [2.75, 3.05) is 58.6 Å². The van der Waals surface area contributed by atoms with Gasteiger partial charge in [-0.15, -0.1) is 0 Å². The molecule has 0 amide bonds. The highest BCUT2D eigenvalue weighted by molar-refractivity contribution is 8.13. The Hall–Kier alpha value is -0.670. The Labute approximate surface area is 129 Å². The summed E-state index contributed by atoms with van der Waals surface area (Å²) in [5, 5.41) is 8.47. The van der Waals surface area contributed by atoms with Crippen molar-refractivity contribution < 1.29 is 33.6 Å². The van der Waals surface area contributed by atoms with Gasteiger partial charge in [0.2, 0.25) is 0 Å². The molecular weight excluding hydrogens is 300 g/mol. The Bertz CT molecular complexity index is 247. The zero-order valence-electron chi connectivity index (χ0n) is 12.4. The summed E-state index contributed by atoms with van der Waals surface area (Å²) in [6, 6.07) is 0. The number of hydrogen-bond donors (Lipinski definition) is 1. The second-order valence-corrected chi connectivity index (χ2v) is 5.21. The summed E-state index contributed by atoms with van der Waals surface area (Å²) in [5.74, 6) is -0.202. The highest BCUT2D eigenvalue weighted by Gasteiger charge is 1.97. The first-order chi connectivity index (χ1) is 10.1. The van der Waals surface area contributed by atoms with Crippen LogP contribution in [-0.4, -0.2) is 74.8 Å². The fourth-order valence-corrected chi connectivity index (χ4v) is 1.65. The average Bonchev–Trinajstić information content (AvgIpc) is 2.42. The lowest BCUT2D eigenvalue weighted by atomic mass is 10.5. The number of hydrogen-bond acceptors (Lipinski definition) is 7. The van der Waals surface area contributed by atoms with Crippen molar-refractivity contribution in [2.45, 2.75) is 13.3 Å². The van der Waals surface area contributed by atoms with Crippen LogP contribution in [0.4, 0.5) is 0 Å². The molecular formula is C13H24O7S. The van der Waals surface area contributed by atoms with E-state index in [0.717, 1.165) is 0 Å². The monoisotopic (exact) mass is 324 g/mol. The number of rotatable bonds is 15. The van der Waals surface area contributed by atoms with Gasteiger partial charge in [0.05, 0.1) is 59.3 Å². The van der Waals surface area contributed by atoms with E-state index in [1.165, 1.54) is 18.7 Å². The Balaban J connectivity index is 2.99. The maximum absolute atomic E-state index is 10.6. The van der Waals surface area contributed by atoms with Crippen LogP contribution in [0.15, 0.2) is 0 Å². The Morgan fingerprint density at radius 3 is 1.67 bits per heavy atom. The van der Waals surface area contributed by atoms with E-state index in [1.807, 2.05) is 0 Å². The molecule has 0 aromatic rings. The molecule has 0 saturated heterocycles. The molecule has 0 fully saturated rings. The van der Waals surface area contributed by atoms with Crippen molar-refractivity contribution in [3.63, 3.8) is 0 Å². The molecule has 0 unspecified atom stereocenters. The largest absolute Gasteiger partial charge is 0.481 e. The maximum atomic E-state index is 10.6. The lowest BCUT2D eigenvalue weighted by Crippen LogP contribution is -2.13. The van der Waals surface area contributed by atoms with Crippen LogP contribution < -0.4 is 0 Å². The van der Waals surface area contributed by atoms with Crippen LogP contribution in [0.1, 0.15) is 13.3 Å². The van der Waals surface area contributed by atoms with Crippen LogP contribution in [0.3, 0.4) is 0 Å². The third-order valence-electron chi connectivity index (χ3n) is 2.11. The van der Waals surface area contributed by atoms with Crippen molar-refractivity contribution >= 4 is 22.8 Å². The van der Waals surface area contributed by atoms with Gasteiger partial charge >= 0.3 is 5.97 Å². The quantitative estimate of drug-likeness (QED) is 0.442. The van der Waals surface area contributed by atoms with Gasteiger partial charge in [-0.25, -0.2) is 0 Å². The molecule has 0 heterocycles. The smallest absolute Gasteiger partial charge is 0.305 e. The van der Waals surface area contributed by atoms with E-state index in [2.05, 4.69) is 0 Å². The van der Waals surface area contributed by atoms with E-state index in [0.29, 0.717) is 52.0 Å². The molecule has 0 saturated carbocycles. The average molecular weight is 324 g/mol. The van der Waals surface area contributed by atoms with E-state index in [9.17, 15) is 9.59 Å². The molecule has 0 spiro atoms. The Morgan fingerprint density at radius 2 is 1.24 bits per heavy atom. The first-order valence-corrected chi connectivity index (χ1v) is 7.77. The van der Waals surface area contributed by atoms with E-state index in [4.69, 9.17) is 24.1 Å². The number of thioether (sulfide) groups is 1. The van der Waals surface area contributed by atoms with Gasteiger partial charge in [0.1, 0.15) is 0 Å². The van der Waals surface area contributed by atoms with Gasteiger partial charge in [0.15, 0.2) is 5.12 Å². The molecule has 0 aliphatic carbocycles.